The summed E-state index contributed by atoms with van der Waals surface area (Å²) >= 11 is 0. The number of hydrogen-bond acceptors (Lipinski definition) is 5. The molecule has 84 valence electrons. The Kier molecular flexibility index (Phi) is 2.85. The summed E-state index contributed by atoms with van der Waals surface area (Å²) in [5, 5.41) is 2.86. The van der Waals surface area contributed by atoms with Crippen LogP contribution in [0.2, 0.25) is 0 Å². The van der Waals surface area contributed by atoms with Gasteiger partial charge in [-0.15, -0.1) is 0 Å². The Balaban J connectivity index is 3.25. The van der Waals surface area contributed by atoms with Crippen molar-refractivity contribution in [3.05, 3.63) is 11.8 Å². The Morgan fingerprint density at radius 1 is 1.53 bits per heavy atom. The number of nitrogens with two attached hydrogens (primary N) is 1. The van der Waals surface area contributed by atoms with Gasteiger partial charge >= 0.3 is 0 Å². The van der Waals surface area contributed by atoms with Gasteiger partial charge in [0.05, 0.1) is 11.8 Å². The first kappa shape index (κ1) is 11.7. The highest BCUT2D eigenvalue weighted by Crippen LogP contribution is 2.17. The van der Waals surface area contributed by atoms with Gasteiger partial charge in [-0.25, -0.2) is 13.1 Å². The van der Waals surface area contributed by atoms with Crippen molar-refractivity contribution in [3.63, 3.8) is 0 Å². The molecule has 6 nitrogen and oxygen atoms in total. The van der Waals surface area contributed by atoms with Crippen LogP contribution >= 0.6 is 0 Å². The lowest BCUT2D eigenvalue weighted by molar-refractivity contribution is 0.107. The lowest BCUT2D eigenvalue weighted by Gasteiger charge is -2.07. The second-order valence-electron chi connectivity index (χ2n) is 3.54. The first-order valence-corrected chi connectivity index (χ1v) is 6.21. The number of aromatic nitrogens is 2. The van der Waals surface area contributed by atoms with E-state index in [1.807, 2.05) is 13.8 Å². The van der Waals surface area contributed by atoms with E-state index in [2.05, 4.69) is 5.10 Å². The molecule has 2 N–H and O–H groups in total. The normalized spacial score (nSPS) is 12.0. The largest absolute Gasteiger partial charge is 0.383 e. The van der Waals surface area contributed by atoms with Gasteiger partial charge in [-0.1, -0.05) is 0 Å². The topological polar surface area (TPSA) is 95.0 Å². The fraction of sp³-hybridized carbons (Fsp3) is 0.500. The molecule has 0 aliphatic rings. The molecule has 0 saturated carbocycles. The molecule has 0 radical (unpaired) electrons. The Hall–Kier alpha value is -1.37. The van der Waals surface area contributed by atoms with E-state index in [9.17, 15) is 13.2 Å². The zero-order valence-corrected chi connectivity index (χ0v) is 9.58. The summed E-state index contributed by atoms with van der Waals surface area (Å²) in [5.74, 6) is 0.0837. The highest BCUT2D eigenvalue weighted by Gasteiger charge is 2.24. The van der Waals surface area contributed by atoms with E-state index in [0.717, 1.165) is 6.26 Å². The van der Waals surface area contributed by atoms with Crippen LogP contribution in [0.4, 0.5) is 5.82 Å². The SMILES string of the molecule is CC(C)n1ncc(C(=O)S(C)(=O)=O)c1N. The summed E-state index contributed by atoms with van der Waals surface area (Å²) in [7, 11) is -3.76. The van der Waals surface area contributed by atoms with Gasteiger partial charge in [-0.05, 0) is 13.8 Å². The van der Waals surface area contributed by atoms with Crippen molar-refractivity contribution in [2.75, 3.05) is 12.0 Å². The highest BCUT2D eigenvalue weighted by molar-refractivity contribution is 8.06. The van der Waals surface area contributed by atoms with E-state index in [4.69, 9.17) is 5.73 Å². The molecule has 7 heteroatoms. The zero-order chi connectivity index (χ0) is 11.8. The summed E-state index contributed by atoms with van der Waals surface area (Å²) < 4.78 is 23.4. The standard InChI is InChI=1S/C8H13N3O3S/c1-5(2)11-7(9)6(4-10-11)8(12)15(3,13)14/h4-5H,9H2,1-3H3. The molecule has 0 unspecified atom stereocenters. The number of carbonyl (C=O) groups excluding carboxylic acids is 1. The third-order valence-electron chi connectivity index (χ3n) is 1.88. The van der Waals surface area contributed by atoms with Gasteiger partial charge in [0.1, 0.15) is 5.82 Å². The van der Waals surface area contributed by atoms with Gasteiger partial charge in [-0.2, -0.15) is 5.10 Å². The molecule has 0 aliphatic carbocycles. The second kappa shape index (κ2) is 3.65. The van der Waals surface area contributed by atoms with Crippen molar-refractivity contribution in [1.82, 2.24) is 9.78 Å². The zero-order valence-electron chi connectivity index (χ0n) is 8.76. The summed E-state index contributed by atoms with van der Waals surface area (Å²) in [5.41, 5.74) is 5.55. The minimum Gasteiger partial charge on any atom is -0.383 e. The minimum absolute atomic E-state index is 0.0221. The number of nitrogens with zero attached hydrogens (tertiary/aromatic N) is 2. The molecule has 0 atom stereocenters. The number of nitrogen functional groups attached to an aromatic ring is 1. The average molecular weight is 231 g/mol. The van der Waals surface area contributed by atoms with Crippen LogP contribution in [0, 0.1) is 0 Å². The average Bonchev–Trinajstić information content (AvgIpc) is 2.44. The Labute approximate surface area is 88.0 Å². The number of hydrogen-bond donors (Lipinski definition) is 1. The maximum Gasteiger partial charge on any atom is 0.281 e. The van der Waals surface area contributed by atoms with E-state index in [0.29, 0.717) is 0 Å². The smallest absolute Gasteiger partial charge is 0.281 e. The van der Waals surface area contributed by atoms with Crippen LogP contribution in [0.15, 0.2) is 6.20 Å². The molecule has 1 rings (SSSR count). The van der Waals surface area contributed by atoms with Crippen molar-refractivity contribution in [2.45, 2.75) is 19.9 Å². The predicted octanol–water partition coefficient (Wildman–Crippen LogP) is 0.231. The molecule has 0 fully saturated rings. The predicted molar refractivity (Wildman–Crippen MR) is 56.2 cm³/mol. The Bertz CT molecular complexity index is 487. The van der Waals surface area contributed by atoms with Crippen LogP contribution in [0.3, 0.4) is 0 Å². The summed E-state index contributed by atoms with van der Waals surface area (Å²) in [6.45, 7) is 3.66. The number of rotatable bonds is 2. The van der Waals surface area contributed by atoms with Gasteiger partial charge in [-0.3, -0.25) is 4.79 Å². The molecule has 0 aromatic carbocycles. The lowest BCUT2D eigenvalue weighted by Crippen LogP contribution is -2.15. The molecule has 0 aliphatic heterocycles. The van der Waals surface area contributed by atoms with E-state index >= 15 is 0 Å². The molecule has 0 saturated heterocycles. The Morgan fingerprint density at radius 2 is 2.07 bits per heavy atom. The second-order valence-corrected chi connectivity index (χ2v) is 5.46. The van der Waals surface area contributed by atoms with Crippen molar-refractivity contribution < 1.29 is 13.2 Å². The molecule has 1 aromatic rings. The van der Waals surface area contributed by atoms with Gasteiger partial charge in [0.25, 0.3) is 5.12 Å². The van der Waals surface area contributed by atoms with E-state index < -0.39 is 15.0 Å². The molecule has 15 heavy (non-hydrogen) atoms. The third-order valence-corrected chi connectivity index (χ3v) is 2.77. The van der Waals surface area contributed by atoms with E-state index in [-0.39, 0.29) is 17.4 Å². The summed E-state index contributed by atoms with van der Waals surface area (Å²) in [6, 6.07) is -0.0221. The molecule has 0 amide bonds. The first-order chi connectivity index (χ1) is 6.75. The third kappa shape index (κ3) is 2.17. The van der Waals surface area contributed by atoms with Gasteiger partial charge in [0.15, 0.2) is 0 Å². The lowest BCUT2D eigenvalue weighted by atomic mass is 10.3. The van der Waals surface area contributed by atoms with Crippen LogP contribution in [-0.2, 0) is 9.84 Å². The summed E-state index contributed by atoms with van der Waals surface area (Å²) in [4.78, 5) is 11.4. The maximum absolute atomic E-state index is 11.4. The Morgan fingerprint density at radius 3 is 2.40 bits per heavy atom. The van der Waals surface area contributed by atoms with Crippen molar-refractivity contribution in [1.29, 1.82) is 0 Å². The number of anilines is 1. The van der Waals surface area contributed by atoms with Gasteiger partial charge in [0, 0.05) is 12.3 Å². The van der Waals surface area contributed by atoms with Crippen molar-refractivity contribution in [2.24, 2.45) is 0 Å². The number of sulfone groups is 1. The van der Waals surface area contributed by atoms with E-state index in [1.54, 1.807) is 0 Å². The monoisotopic (exact) mass is 231 g/mol. The fourth-order valence-electron chi connectivity index (χ4n) is 1.14. The molecule has 0 bridgehead atoms. The molecular weight excluding hydrogens is 218 g/mol. The van der Waals surface area contributed by atoms with E-state index in [1.165, 1.54) is 10.9 Å². The van der Waals surface area contributed by atoms with Crippen molar-refractivity contribution in [3.8, 4) is 0 Å². The van der Waals surface area contributed by atoms with Gasteiger partial charge < -0.3 is 5.73 Å². The van der Waals surface area contributed by atoms with Crippen LogP contribution in [0.1, 0.15) is 30.2 Å². The van der Waals surface area contributed by atoms with Crippen LogP contribution in [0.25, 0.3) is 0 Å². The first-order valence-electron chi connectivity index (χ1n) is 4.32. The fourth-order valence-corrected chi connectivity index (χ4v) is 1.70. The van der Waals surface area contributed by atoms with Crippen molar-refractivity contribution >= 4 is 20.8 Å². The molecular formula is C8H13N3O3S. The minimum atomic E-state index is -3.76. The van der Waals surface area contributed by atoms with Crippen LogP contribution < -0.4 is 5.73 Å². The number of carbonyl (C=O) groups is 1. The van der Waals surface area contributed by atoms with Crippen LogP contribution in [0.5, 0.6) is 0 Å². The molecule has 1 aromatic heterocycles. The highest BCUT2D eigenvalue weighted by atomic mass is 32.2. The van der Waals surface area contributed by atoms with Crippen LogP contribution in [-0.4, -0.2) is 29.6 Å². The van der Waals surface area contributed by atoms with Gasteiger partial charge in [0.2, 0.25) is 9.84 Å². The summed E-state index contributed by atoms with van der Waals surface area (Å²) in [6.07, 6.45) is 2.03. The molecule has 0 spiro atoms. The molecule has 1 heterocycles. The quantitative estimate of drug-likeness (QED) is 0.786. The maximum atomic E-state index is 11.4.